The largest absolute Gasteiger partial charge is 0.342 e. The lowest BCUT2D eigenvalue weighted by Gasteiger charge is -2.32. The Labute approximate surface area is 112 Å². The highest BCUT2D eigenvalue weighted by molar-refractivity contribution is 5.78. The third-order valence-corrected chi connectivity index (χ3v) is 4.25. The average molecular weight is 252 g/mol. The van der Waals surface area contributed by atoms with Gasteiger partial charge in [0.25, 0.3) is 0 Å². The van der Waals surface area contributed by atoms with Crippen LogP contribution in [0.15, 0.2) is 0 Å². The van der Waals surface area contributed by atoms with Crippen LogP contribution in [0.1, 0.15) is 46.0 Å². The first kappa shape index (κ1) is 13.9. The molecule has 2 rings (SSSR count). The number of nitrogens with zero attached hydrogens (tertiary/aromatic N) is 2. The van der Waals surface area contributed by atoms with Crippen LogP contribution in [0.25, 0.3) is 0 Å². The van der Waals surface area contributed by atoms with Crippen molar-refractivity contribution in [3.05, 3.63) is 0 Å². The third kappa shape index (κ3) is 4.27. The summed E-state index contributed by atoms with van der Waals surface area (Å²) >= 11 is 0. The van der Waals surface area contributed by atoms with Crippen molar-refractivity contribution in [3.63, 3.8) is 0 Å². The fourth-order valence-corrected chi connectivity index (χ4v) is 2.77. The quantitative estimate of drug-likeness (QED) is 0.724. The van der Waals surface area contributed by atoms with Crippen LogP contribution in [0.4, 0.5) is 0 Å². The highest BCUT2D eigenvalue weighted by Gasteiger charge is 2.26. The van der Waals surface area contributed by atoms with Crippen LogP contribution in [0, 0.1) is 11.8 Å². The minimum atomic E-state index is 0.357. The van der Waals surface area contributed by atoms with Gasteiger partial charge in [0.2, 0.25) is 5.91 Å². The second-order valence-electron chi connectivity index (χ2n) is 6.24. The maximum Gasteiger partial charge on any atom is 0.236 e. The molecule has 0 unspecified atom stereocenters. The maximum absolute atomic E-state index is 12.3. The van der Waals surface area contributed by atoms with Crippen molar-refractivity contribution < 1.29 is 4.79 Å². The Morgan fingerprint density at radius 3 is 2.44 bits per heavy atom. The summed E-state index contributed by atoms with van der Waals surface area (Å²) in [5.41, 5.74) is 0. The van der Waals surface area contributed by atoms with E-state index in [1.807, 2.05) is 0 Å². The molecule has 104 valence electrons. The Hall–Kier alpha value is -0.570. The Morgan fingerprint density at radius 2 is 1.89 bits per heavy atom. The molecule has 0 spiro atoms. The molecule has 3 nitrogen and oxygen atoms in total. The Morgan fingerprint density at radius 1 is 1.22 bits per heavy atom. The molecule has 3 heteroatoms. The van der Waals surface area contributed by atoms with Crippen molar-refractivity contribution in [2.24, 2.45) is 11.8 Å². The van der Waals surface area contributed by atoms with Gasteiger partial charge in [-0.3, -0.25) is 9.69 Å². The summed E-state index contributed by atoms with van der Waals surface area (Å²) in [6.45, 7) is 9.31. The normalized spacial score (nSPS) is 21.6. The van der Waals surface area contributed by atoms with E-state index in [1.165, 1.54) is 25.7 Å². The zero-order chi connectivity index (χ0) is 13.0. The Bertz CT molecular complexity index is 268. The number of hydrogen-bond acceptors (Lipinski definition) is 2. The summed E-state index contributed by atoms with van der Waals surface area (Å²) < 4.78 is 0. The molecule has 2 aliphatic rings. The lowest BCUT2D eigenvalue weighted by Crippen LogP contribution is -2.44. The molecule has 0 aromatic carbocycles. The number of carbonyl (C=O) groups excluding carboxylic acids is 1. The van der Waals surface area contributed by atoms with Gasteiger partial charge < -0.3 is 4.90 Å². The summed E-state index contributed by atoms with van der Waals surface area (Å²) in [5.74, 6) is 2.04. The van der Waals surface area contributed by atoms with E-state index in [1.54, 1.807) is 0 Å². The minimum Gasteiger partial charge on any atom is -0.342 e. The molecular weight excluding hydrogens is 224 g/mol. The summed E-state index contributed by atoms with van der Waals surface area (Å²) in [6.07, 6.45) is 6.26. The molecule has 0 radical (unpaired) electrons. The van der Waals surface area contributed by atoms with Crippen LogP contribution >= 0.6 is 0 Å². The predicted molar refractivity (Wildman–Crippen MR) is 74.4 cm³/mol. The number of carbonyl (C=O) groups is 1. The Balaban J connectivity index is 1.76. The van der Waals surface area contributed by atoms with Crippen molar-refractivity contribution in [3.8, 4) is 0 Å². The summed E-state index contributed by atoms with van der Waals surface area (Å²) in [6, 6.07) is 0. The van der Waals surface area contributed by atoms with E-state index in [2.05, 4.69) is 23.6 Å². The number of hydrogen-bond donors (Lipinski definition) is 0. The molecule has 1 aliphatic carbocycles. The van der Waals surface area contributed by atoms with Crippen LogP contribution in [-0.2, 0) is 4.79 Å². The first-order valence-electron chi connectivity index (χ1n) is 7.69. The van der Waals surface area contributed by atoms with Crippen molar-refractivity contribution in [2.75, 3.05) is 32.7 Å². The van der Waals surface area contributed by atoms with Crippen LogP contribution in [0.3, 0.4) is 0 Å². The molecular formula is C15H28N2O. The van der Waals surface area contributed by atoms with E-state index in [4.69, 9.17) is 0 Å². The van der Waals surface area contributed by atoms with Gasteiger partial charge in [0, 0.05) is 19.6 Å². The molecule has 0 bridgehead atoms. The van der Waals surface area contributed by atoms with Crippen LogP contribution in [-0.4, -0.2) is 48.4 Å². The fourth-order valence-electron chi connectivity index (χ4n) is 2.77. The molecule has 0 aromatic heterocycles. The standard InChI is InChI=1S/C15H28N2O/c1-3-8-16(11-14-4-5-14)12-15(18)17-9-6-13(2)7-10-17/h13-14H,3-12H2,1-2H3. The van der Waals surface area contributed by atoms with Gasteiger partial charge in [-0.1, -0.05) is 13.8 Å². The number of likely N-dealkylation sites (tertiary alicyclic amines) is 1. The minimum absolute atomic E-state index is 0.357. The van der Waals surface area contributed by atoms with Crippen molar-refractivity contribution in [1.29, 1.82) is 0 Å². The highest BCUT2D eigenvalue weighted by Crippen LogP contribution is 2.29. The lowest BCUT2D eigenvalue weighted by molar-refractivity contribution is -0.133. The Kier molecular flexibility index (Phi) is 5.04. The van der Waals surface area contributed by atoms with Gasteiger partial charge in [-0.2, -0.15) is 0 Å². The van der Waals surface area contributed by atoms with Crippen molar-refractivity contribution in [1.82, 2.24) is 9.80 Å². The van der Waals surface area contributed by atoms with Crippen LogP contribution in [0.2, 0.25) is 0 Å². The molecule has 0 N–H and O–H groups in total. The second kappa shape index (κ2) is 6.55. The van der Waals surface area contributed by atoms with Gasteiger partial charge in [0.15, 0.2) is 0 Å². The summed E-state index contributed by atoms with van der Waals surface area (Å²) in [4.78, 5) is 16.7. The lowest BCUT2D eigenvalue weighted by atomic mass is 9.99. The van der Waals surface area contributed by atoms with Crippen LogP contribution < -0.4 is 0 Å². The van der Waals surface area contributed by atoms with Gasteiger partial charge in [-0.15, -0.1) is 0 Å². The molecule has 0 aromatic rings. The molecule has 1 saturated heterocycles. The smallest absolute Gasteiger partial charge is 0.236 e. The van der Waals surface area contributed by atoms with Gasteiger partial charge in [0.1, 0.15) is 0 Å². The molecule has 1 heterocycles. The monoisotopic (exact) mass is 252 g/mol. The van der Waals surface area contributed by atoms with Gasteiger partial charge >= 0.3 is 0 Å². The molecule has 1 aliphatic heterocycles. The van der Waals surface area contributed by atoms with E-state index in [9.17, 15) is 4.79 Å². The number of rotatable bonds is 6. The molecule has 18 heavy (non-hydrogen) atoms. The van der Waals surface area contributed by atoms with E-state index < -0.39 is 0 Å². The van der Waals surface area contributed by atoms with E-state index >= 15 is 0 Å². The summed E-state index contributed by atoms with van der Waals surface area (Å²) in [5, 5.41) is 0. The van der Waals surface area contributed by atoms with E-state index in [0.717, 1.165) is 44.4 Å². The number of amides is 1. The van der Waals surface area contributed by atoms with Crippen LogP contribution in [0.5, 0.6) is 0 Å². The van der Waals surface area contributed by atoms with E-state index in [0.29, 0.717) is 12.5 Å². The van der Waals surface area contributed by atoms with Gasteiger partial charge in [-0.25, -0.2) is 0 Å². The molecule has 1 amide bonds. The fraction of sp³-hybridized carbons (Fsp3) is 0.933. The zero-order valence-electron chi connectivity index (χ0n) is 12.0. The molecule has 0 atom stereocenters. The topological polar surface area (TPSA) is 23.6 Å². The third-order valence-electron chi connectivity index (χ3n) is 4.25. The molecule has 1 saturated carbocycles. The van der Waals surface area contributed by atoms with E-state index in [-0.39, 0.29) is 0 Å². The SMILES string of the molecule is CCCN(CC(=O)N1CCC(C)CC1)CC1CC1. The van der Waals surface area contributed by atoms with Crippen molar-refractivity contribution >= 4 is 5.91 Å². The van der Waals surface area contributed by atoms with Gasteiger partial charge in [0.05, 0.1) is 6.54 Å². The average Bonchev–Trinajstić information content (AvgIpc) is 3.14. The second-order valence-corrected chi connectivity index (χ2v) is 6.24. The summed E-state index contributed by atoms with van der Waals surface area (Å²) in [7, 11) is 0. The molecule has 2 fully saturated rings. The first-order valence-corrected chi connectivity index (χ1v) is 7.69. The zero-order valence-corrected chi connectivity index (χ0v) is 12.0. The maximum atomic E-state index is 12.3. The van der Waals surface area contributed by atoms with Gasteiger partial charge in [-0.05, 0) is 50.5 Å². The first-order chi connectivity index (χ1) is 8.69. The highest BCUT2D eigenvalue weighted by atomic mass is 16.2. The predicted octanol–water partition coefficient (Wildman–Crippen LogP) is 2.37. The van der Waals surface area contributed by atoms with Crippen molar-refractivity contribution in [2.45, 2.75) is 46.0 Å². The number of piperidine rings is 1.